The van der Waals surface area contributed by atoms with Crippen molar-refractivity contribution in [2.24, 2.45) is 5.92 Å². The van der Waals surface area contributed by atoms with E-state index in [1.807, 2.05) is 6.07 Å². The number of hydrogen-bond donors (Lipinski definition) is 1. The second kappa shape index (κ2) is 6.92. The molecule has 0 radical (unpaired) electrons. The summed E-state index contributed by atoms with van der Waals surface area (Å²) >= 11 is 0. The van der Waals surface area contributed by atoms with Crippen molar-refractivity contribution in [3.63, 3.8) is 0 Å². The van der Waals surface area contributed by atoms with Gasteiger partial charge in [0.25, 0.3) is 0 Å². The quantitative estimate of drug-likeness (QED) is 0.778. The first-order chi connectivity index (χ1) is 12.6. The van der Waals surface area contributed by atoms with Crippen molar-refractivity contribution >= 4 is 5.69 Å². The molecule has 2 unspecified atom stereocenters. The average molecular weight is 355 g/mol. The highest BCUT2D eigenvalue weighted by atomic mass is 19.1. The fraction of sp³-hybridized carbons (Fsp3) is 0.455. The lowest BCUT2D eigenvalue weighted by molar-refractivity contribution is -0.0382. The fourth-order valence-corrected chi connectivity index (χ4v) is 4.25. The van der Waals surface area contributed by atoms with Gasteiger partial charge in [0, 0.05) is 23.8 Å². The Labute approximate surface area is 154 Å². The molecule has 2 aromatic carbocycles. The van der Waals surface area contributed by atoms with Crippen LogP contribution < -0.4 is 10.1 Å². The van der Waals surface area contributed by atoms with E-state index in [9.17, 15) is 4.39 Å². The Kier molecular flexibility index (Phi) is 4.62. The van der Waals surface area contributed by atoms with Crippen molar-refractivity contribution in [1.29, 1.82) is 0 Å². The number of halogens is 1. The number of hydrogen-bond acceptors (Lipinski definition) is 3. The molecule has 4 heteroatoms. The molecule has 3 nitrogen and oxygen atoms in total. The van der Waals surface area contributed by atoms with Crippen molar-refractivity contribution in [3.8, 4) is 5.75 Å². The van der Waals surface area contributed by atoms with Gasteiger partial charge in [0.1, 0.15) is 0 Å². The van der Waals surface area contributed by atoms with Crippen LogP contribution in [0.3, 0.4) is 0 Å². The van der Waals surface area contributed by atoms with Crippen LogP contribution in [0.15, 0.2) is 36.4 Å². The molecule has 2 aliphatic rings. The molecule has 1 saturated heterocycles. The van der Waals surface area contributed by atoms with Crippen LogP contribution in [0.2, 0.25) is 0 Å². The summed E-state index contributed by atoms with van der Waals surface area (Å²) < 4.78 is 25.6. The van der Waals surface area contributed by atoms with Gasteiger partial charge in [0.05, 0.1) is 19.3 Å². The third-order valence-electron chi connectivity index (χ3n) is 5.69. The zero-order chi connectivity index (χ0) is 18.3. The molecule has 3 atom stereocenters. The van der Waals surface area contributed by atoms with Crippen LogP contribution in [-0.2, 0) is 4.74 Å². The lowest BCUT2D eigenvalue weighted by atomic mass is 9.77. The summed E-state index contributed by atoms with van der Waals surface area (Å²) in [5.41, 5.74) is 4.61. The Morgan fingerprint density at radius 3 is 2.77 bits per heavy atom. The Morgan fingerprint density at radius 2 is 2.04 bits per heavy atom. The largest absolute Gasteiger partial charge is 0.494 e. The van der Waals surface area contributed by atoms with Crippen LogP contribution >= 0.6 is 0 Å². The number of anilines is 1. The summed E-state index contributed by atoms with van der Waals surface area (Å²) in [6, 6.07) is 11.9. The minimum atomic E-state index is -0.318. The van der Waals surface area contributed by atoms with Gasteiger partial charge in [-0.1, -0.05) is 32.0 Å². The van der Waals surface area contributed by atoms with Crippen LogP contribution in [0.1, 0.15) is 61.4 Å². The highest BCUT2D eigenvalue weighted by molar-refractivity contribution is 5.58. The van der Waals surface area contributed by atoms with Crippen LogP contribution in [-0.4, -0.2) is 13.7 Å². The maximum absolute atomic E-state index is 14.3. The molecule has 4 rings (SSSR count). The van der Waals surface area contributed by atoms with E-state index in [0.29, 0.717) is 11.8 Å². The van der Waals surface area contributed by atoms with Gasteiger partial charge in [-0.15, -0.1) is 0 Å². The monoisotopic (exact) mass is 355 g/mol. The van der Waals surface area contributed by atoms with Crippen LogP contribution in [0.25, 0.3) is 0 Å². The van der Waals surface area contributed by atoms with E-state index < -0.39 is 0 Å². The molecule has 1 N–H and O–H groups in total. The molecule has 26 heavy (non-hydrogen) atoms. The minimum absolute atomic E-state index is 0.0399. The van der Waals surface area contributed by atoms with Crippen LogP contribution in [0.5, 0.6) is 5.75 Å². The number of rotatable bonds is 3. The van der Waals surface area contributed by atoms with Gasteiger partial charge in [-0.05, 0) is 48.1 Å². The van der Waals surface area contributed by atoms with Gasteiger partial charge >= 0.3 is 0 Å². The van der Waals surface area contributed by atoms with E-state index in [0.717, 1.165) is 30.7 Å². The van der Waals surface area contributed by atoms with Crippen molar-refractivity contribution in [3.05, 3.63) is 58.9 Å². The highest BCUT2D eigenvalue weighted by Gasteiger charge is 2.40. The third kappa shape index (κ3) is 2.96. The number of fused-ring (bicyclic) bond motifs is 3. The van der Waals surface area contributed by atoms with E-state index in [2.05, 4.69) is 37.4 Å². The number of ether oxygens (including phenoxy) is 2. The Balaban J connectivity index is 1.74. The lowest BCUT2D eigenvalue weighted by Gasteiger charge is -2.43. The zero-order valence-electron chi connectivity index (χ0n) is 15.6. The molecule has 138 valence electrons. The second-order valence-electron chi connectivity index (χ2n) is 7.61. The van der Waals surface area contributed by atoms with Gasteiger partial charge in [0.15, 0.2) is 11.6 Å². The molecule has 2 heterocycles. The van der Waals surface area contributed by atoms with E-state index in [-0.39, 0.29) is 23.7 Å². The summed E-state index contributed by atoms with van der Waals surface area (Å²) in [7, 11) is 1.49. The number of benzene rings is 2. The number of methoxy groups -OCH3 is 1. The van der Waals surface area contributed by atoms with E-state index >= 15 is 0 Å². The molecule has 0 aromatic heterocycles. The summed E-state index contributed by atoms with van der Waals surface area (Å²) in [5.74, 6) is 0.742. The maximum Gasteiger partial charge on any atom is 0.165 e. The zero-order valence-corrected chi connectivity index (χ0v) is 15.6. The first-order valence-electron chi connectivity index (χ1n) is 9.44. The molecule has 2 aliphatic heterocycles. The standard InChI is InChI=1S/C22H26FNO2/c1-13(2)14-6-8-19-17(11-14)22-16(5-4-10-26-22)21(24-19)15-7-9-20(25-3)18(23)12-15/h6-9,11-13,16,21-22,24H,4-5,10H2,1-3H3/t16?,21-,22?/m0/s1. The smallest absolute Gasteiger partial charge is 0.165 e. The average Bonchev–Trinajstić information content (AvgIpc) is 2.66. The molecule has 2 aromatic rings. The maximum atomic E-state index is 14.3. The van der Waals surface area contributed by atoms with Crippen molar-refractivity contribution in [1.82, 2.24) is 0 Å². The SMILES string of the molecule is COc1ccc([C@@H]2Nc3ccc(C(C)C)cc3C3OCCCC32)cc1F. The Hall–Kier alpha value is -2.07. The normalized spacial score (nSPS) is 24.6. The molecular formula is C22H26FNO2. The minimum Gasteiger partial charge on any atom is -0.494 e. The fourth-order valence-electron chi connectivity index (χ4n) is 4.25. The predicted octanol–water partition coefficient (Wildman–Crippen LogP) is 5.59. The van der Waals surface area contributed by atoms with Gasteiger partial charge in [-0.2, -0.15) is 0 Å². The molecule has 0 amide bonds. The van der Waals surface area contributed by atoms with Gasteiger partial charge in [0.2, 0.25) is 0 Å². The Bertz CT molecular complexity index is 805. The van der Waals surface area contributed by atoms with Gasteiger partial charge < -0.3 is 14.8 Å². The molecular weight excluding hydrogens is 329 g/mol. The summed E-state index contributed by atoms with van der Waals surface area (Å²) in [6.45, 7) is 5.20. The third-order valence-corrected chi connectivity index (χ3v) is 5.69. The Morgan fingerprint density at radius 1 is 1.19 bits per heavy atom. The van der Waals surface area contributed by atoms with Crippen molar-refractivity contribution < 1.29 is 13.9 Å². The topological polar surface area (TPSA) is 30.5 Å². The van der Waals surface area contributed by atoms with Gasteiger partial charge in [-0.3, -0.25) is 0 Å². The molecule has 0 saturated carbocycles. The molecule has 1 fully saturated rings. The van der Waals surface area contributed by atoms with E-state index in [4.69, 9.17) is 9.47 Å². The van der Waals surface area contributed by atoms with Crippen molar-refractivity contribution in [2.45, 2.75) is 44.8 Å². The van der Waals surface area contributed by atoms with Gasteiger partial charge in [-0.25, -0.2) is 4.39 Å². The summed E-state index contributed by atoms with van der Waals surface area (Å²) in [6.07, 6.45) is 2.17. The van der Waals surface area contributed by atoms with Crippen molar-refractivity contribution in [2.75, 3.05) is 19.0 Å². The van der Waals surface area contributed by atoms with Crippen LogP contribution in [0.4, 0.5) is 10.1 Å². The second-order valence-corrected chi connectivity index (χ2v) is 7.61. The first kappa shape index (κ1) is 17.3. The summed E-state index contributed by atoms with van der Waals surface area (Å²) in [4.78, 5) is 0. The van der Waals surface area contributed by atoms with Crippen LogP contribution in [0, 0.1) is 11.7 Å². The molecule has 0 aliphatic carbocycles. The van der Waals surface area contributed by atoms with E-state index in [1.165, 1.54) is 18.2 Å². The predicted molar refractivity (Wildman–Crippen MR) is 101 cm³/mol. The summed E-state index contributed by atoms with van der Waals surface area (Å²) in [5, 5.41) is 3.66. The highest BCUT2D eigenvalue weighted by Crippen LogP contribution is 2.49. The lowest BCUT2D eigenvalue weighted by Crippen LogP contribution is -2.36. The van der Waals surface area contributed by atoms with E-state index in [1.54, 1.807) is 12.1 Å². The molecule has 0 bridgehead atoms. The molecule has 0 spiro atoms. The first-order valence-corrected chi connectivity index (χ1v) is 9.44. The number of nitrogens with one attached hydrogen (secondary N) is 1.